The van der Waals surface area contributed by atoms with Crippen LogP contribution >= 0.6 is 22.9 Å². The van der Waals surface area contributed by atoms with Crippen LogP contribution in [0, 0.1) is 6.92 Å². The summed E-state index contributed by atoms with van der Waals surface area (Å²) in [6.45, 7) is 1.90. The zero-order valence-corrected chi connectivity index (χ0v) is 18.0. The molecular weight excluding hydrogens is 430 g/mol. The van der Waals surface area contributed by atoms with Gasteiger partial charge in [-0.05, 0) is 53.8 Å². The van der Waals surface area contributed by atoms with Crippen LogP contribution in [0.25, 0.3) is 27.9 Å². The Morgan fingerprint density at radius 1 is 1.10 bits per heavy atom. The smallest absolute Gasteiger partial charge is 0.265 e. The van der Waals surface area contributed by atoms with Gasteiger partial charge in [-0.3, -0.25) is 9.78 Å². The Balaban J connectivity index is 1.41. The second kappa shape index (κ2) is 7.94. The fourth-order valence-corrected chi connectivity index (χ4v) is 4.19. The van der Waals surface area contributed by atoms with Gasteiger partial charge in [-0.2, -0.15) is 5.10 Å². The fraction of sp³-hybridized carbons (Fsp3) is 0.0435. The highest BCUT2D eigenvalue weighted by molar-refractivity contribution is 7.12. The summed E-state index contributed by atoms with van der Waals surface area (Å²) in [6, 6.07) is 11.1. The molecule has 0 radical (unpaired) electrons. The minimum atomic E-state index is -0.165. The molecule has 1 amide bonds. The van der Waals surface area contributed by atoms with Gasteiger partial charge in [-0.1, -0.05) is 17.7 Å². The lowest BCUT2D eigenvalue weighted by Crippen LogP contribution is -2.10. The number of halogens is 1. The second-order valence-corrected chi connectivity index (χ2v) is 8.35. The molecule has 4 heterocycles. The molecule has 0 fully saturated rings. The molecular formula is C23H16ClN5OS. The highest BCUT2D eigenvalue weighted by Crippen LogP contribution is 2.30. The first kappa shape index (κ1) is 19.4. The number of nitrogens with zero attached hydrogens (tertiary/aromatic N) is 4. The topological polar surface area (TPSA) is 72.2 Å². The maximum Gasteiger partial charge on any atom is 0.265 e. The average Bonchev–Trinajstić information content (AvgIpc) is 3.43. The van der Waals surface area contributed by atoms with Crippen molar-refractivity contribution < 1.29 is 4.79 Å². The van der Waals surface area contributed by atoms with E-state index in [-0.39, 0.29) is 5.91 Å². The SMILES string of the molecule is Cc1cc(NC(=O)c2cc(-c3cnn4cc(-c5cccnc5)cnc34)cs2)ccc1Cl. The van der Waals surface area contributed by atoms with Crippen LogP contribution in [-0.2, 0) is 0 Å². The Morgan fingerprint density at radius 3 is 2.81 bits per heavy atom. The molecule has 0 unspecified atom stereocenters. The number of pyridine rings is 1. The van der Waals surface area contributed by atoms with Gasteiger partial charge in [0.2, 0.25) is 0 Å². The van der Waals surface area contributed by atoms with E-state index in [1.165, 1.54) is 11.3 Å². The van der Waals surface area contributed by atoms with Crippen molar-refractivity contribution in [2.24, 2.45) is 0 Å². The molecule has 0 spiro atoms. The molecule has 0 bridgehead atoms. The number of nitrogens with one attached hydrogen (secondary N) is 1. The van der Waals surface area contributed by atoms with E-state index in [1.807, 2.05) is 42.8 Å². The van der Waals surface area contributed by atoms with E-state index in [4.69, 9.17) is 11.6 Å². The lowest BCUT2D eigenvalue weighted by Gasteiger charge is -2.05. The molecule has 1 aromatic carbocycles. The van der Waals surface area contributed by atoms with Gasteiger partial charge in [0.25, 0.3) is 5.91 Å². The summed E-state index contributed by atoms with van der Waals surface area (Å²) in [5, 5.41) is 9.97. The molecule has 0 aliphatic carbocycles. The van der Waals surface area contributed by atoms with Crippen LogP contribution in [0.4, 0.5) is 5.69 Å². The number of fused-ring (bicyclic) bond motifs is 1. The van der Waals surface area contributed by atoms with Gasteiger partial charge in [0.15, 0.2) is 5.65 Å². The Labute approximate surface area is 187 Å². The predicted molar refractivity (Wildman–Crippen MR) is 124 cm³/mol. The Bertz CT molecular complexity index is 1410. The Kier molecular flexibility index (Phi) is 4.97. The summed E-state index contributed by atoms with van der Waals surface area (Å²) >= 11 is 7.44. The number of rotatable bonds is 4. The summed E-state index contributed by atoms with van der Waals surface area (Å²) in [5.74, 6) is -0.165. The third-order valence-corrected chi connectivity index (χ3v) is 6.25. The highest BCUT2D eigenvalue weighted by Gasteiger charge is 2.15. The third-order valence-electron chi connectivity index (χ3n) is 4.90. The number of hydrogen-bond donors (Lipinski definition) is 1. The zero-order valence-electron chi connectivity index (χ0n) is 16.4. The normalized spacial score (nSPS) is 11.0. The fourth-order valence-electron chi connectivity index (χ4n) is 3.27. The van der Waals surface area contributed by atoms with E-state index in [0.29, 0.717) is 15.6 Å². The molecule has 0 aliphatic heterocycles. The van der Waals surface area contributed by atoms with E-state index < -0.39 is 0 Å². The van der Waals surface area contributed by atoms with Crippen LogP contribution in [0.1, 0.15) is 15.2 Å². The molecule has 5 aromatic rings. The molecule has 1 N–H and O–H groups in total. The van der Waals surface area contributed by atoms with Gasteiger partial charge in [0.1, 0.15) is 0 Å². The van der Waals surface area contributed by atoms with Crippen molar-refractivity contribution in [1.82, 2.24) is 19.6 Å². The lowest BCUT2D eigenvalue weighted by atomic mass is 10.1. The van der Waals surface area contributed by atoms with Crippen LogP contribution in [0.2, 0.25) is 5.02 Å². The quantitative estimate of drug-likeness (QED) is 0.383. The first-order valence-corrected chi connectivity index (χ1v) is 10.7. The minimum Gasteiger partial charge on any atom is -0.321 e. The Hall–Kier alpha value is -3.55. The maximum absolute atomic E-state index is 12.7. The Morgan fingerprint density at radius 2 is 2.00 bits per heavy atom. The number of aromatic nitrogens is 4. The standard InChI is InChI=1S/C23H16ClN5OS/c1-14-7-18(4-5-20(14)24)28-23(30)21-8-16(13-31-21)19-11-27-29-12-17(10-26-22(19)29)15-3-2-6-25-9-15/h2-13H,1H3,(H,28,30). The second-order valence-electron chi connectivity index (χ2n) is 7.03. The molecule has 0 saturated carbocycles. The zero-order chi connectivity index (χ0) is 21.4. The van der Waals surface area contributed by atoms with Crippen LogP contribution in [0.3, 0.4) is 0 Å². The van der Waals surface area contributed by atoms with Gasteiger partial charge in [-0.25, -0.2) is 9.50 Å². The van der Waals surface area contributed by atoms with Crippen LogP contribution < -0.4 is 5.32 Å². The van der Waals surface area contributed by atoms with Crippen molar-refractivity contribution in [3.8, 4) is 22.3 Å². The van der Waals surface area contributed by atoms with Crippen LogP contribution in [0.15, 0.2) is 72.8 Å². The predicted octanol–water partition coefficient (Wildman–Crippen LogP) is 5.73. The molecule has 31 heavy (non-hydrogen) atoms. The molecule has 0 saturated heterocycles. The summed E-state index contributed by atoms with van der Waals surface area (Å²) in [4.78, 5) is 22.0. The van der Waals surface area contributed by atoms with Crippen molar-refractivity contribution in [3.05, 3.63) is 88.2 Å². The molecule has 0 aliphatic rings. The number of amides is 1. The number of anilines is 1. The van der Waals surface area contributed by atoms with Gasteiger partial charge < -0.3 is 5.32 Å². The molecule has 0 atom stereocenters. The van der Waals surface area contributed by atoms with E-state index in [1.54, 1.807) is 41.4 Å². The molecule has 5 rings (SSSR count). The summed E-state index contributed by atoms with van der Waals surface area (Å²) in [6.07, 6.45) is 9.02. The minimum absolute atomic E-state index is 0.165. The van der Waals surface area contributed by atoms with Gasteiger partial charge in [-0.15, -0.1) is 11.3 Å². The number of carbonyl (C=O) groups excluding carboxylic acids is 1. The van der Waals surface area contributed by atoms with Crippen molar-refractivity contribution in [2.75, 3.05) is 5.32 Å². The van der Waals surface area contributed by atoms with E-state index in [2.05, 4.69) is 20.4 Å². The number of carbonyl (C=O) groups is 1. The lowest BCUT2D eigenvalue weighted by molar-refractivity contribution is 0.103. The average molecular weight is 446 g/mol. The van der Waals surface area contributed by atoms with Gasteiger partial charge in [0.05, 0.1) is 11.1 Å². The number of hydrogen-bond acceptors (Lipinski definition) is 5. The van der Waals surface area contributed by atoms with Crippen LogP contribution in [-0.4, -0.2) is 25.5 Å². The largest absolute Gasteiger partial charge is 0.321 e. The van der Waals surface area contributed by atoms with Crippen LogP contribution in [0.5, 0.6) is 0 Å². The van der Waals surface area contributed by atoms with Crippen molar-refractivity contribution in [1.29, 1.82) is 0 Å². The first-order chi connectivity index (χ1) is 15.1. The summed E-state index contributed by atoms with van der Waals surface area (Å²) < 4.78 is 1.74. The summed E-state index contributed by atoms with van der Waals surface area (Å²) in [7, 11) is 0. The van der Waals surface area contributed by atoms with Gasteiger partial charge in [0, 0.05) is 52.2 Å². The number of thiophene rings is 1. The monoisotopic (exact) mass is 445 g/mol. The van der Waals surface area contributed by atoms with E-state index in [0.717, 1.165) is 33.5 Å². The highest BCUT2D eigenvalue weighted by atomic mass is 35.5. The number of benzene rings is 1. The van der Waals surface area contributed by atoms with Crippen molar-refractivity contribution in [3.63, 3.8) is 0 Å². The van der Waals surface area contributed by atoms with Gasteiger partial charge >= 0.3 is 0 Å². The van der Waals surface area contributed by atoms with E-state index in [9.17, 15) is 4.79 Å². The van der Waals surface area contributed by atoms with Crippen molar-refractivity contribution in [2.45, 2.75) is 6.92 Å². The third kappa shape index (κ3) is 3.81. The van der Waals surface area contributed by atoms with Crippen molar-refractivity contribution >= 4 is 40.2 Å². The molecule has 4 aromatic heterocycles. The van der Waals surface area contributed by atoms with E-state index >= 15 is 0 Å². The first-order valence-electron chi connectivity index (χ1n) is 9.49. The number of aryl methyl sites for hydroxylation is 1. The molecule has 8 heteroatoms. The molecule has 152 valence electrons. The maximum atomic E-state index is 12.7. The summed E-state index contributed by atoms with van der Waals surface area (Å²) in [5.41, 5.74) is 6.02. The molecule has 6 nitrogen and oxygen atoms in total.